The van der Waals surface area contributed by atoms with E-state index in [1.54, 1.807) is 0 Å². The van der Waals surface area contributed by atoms with Crippen molar-refractivity contribution in [3.63, 3.8) is 0 Å². The summed E-state index contributed by atoms with van der Waals surface area (Å²) in [6, 6.07) is 7.75. The number of nitrogens with one attached hydrogen (secondary N) is 2. The van der Waals surface area contributed by atoms with Gasteiger partial charge in [0.25, 0.3) is 0 Å². The molecule has 1 aliphatic carbocycles. The fourth-order valence-corrected chi connectivity index (χ4v) is 3.13. The molecule has 0 aromatic heterocycles. The molecule has 0 radical (unpaired) electrons. The molecule has 1 saturated carbocycles. The molecule has 2 N–H and O–H groups in total. The topological polar surface area (TPSA) is 41.1 Å². The van der Waals surface area contributed by atoms with Gasteiger partial charge in [0.05, 0.1) is 5.41 Å². The summed E-state index contributed by atoms with van der Waals surface area (Å²) in [7, 11) is 0. The number of rotatable bonds is 6. The van der Waals surface area contributed by atoms with E-state index in [-0.39, 0.29) is 23.7 Å². The van der Waals surface area contributed by atoms with Crippen LogP contribution in [-0.4, -0.2) is 25.5 Å². The minimum Gasteiger partial charge on any atom is -0.354 e. The van der Waals surface area contributed by atoms with Gasteiger partial charge in [0.1, 0.15) is 0 Å². The fourth-order valence-electron chi connectivity index (χ4n) is 3.00. The van der Waals surface area contributed by atoms with Crippen LogP contribution in [0.2, 0.25) is 5.02 Å². The number of hydrogen-bond acceptors (Lipinski definition) is 2. The van der Waals surface area contributed by atoms with Gasteiger partial charge in [-0.15, -0.1) is 12.4 Å². The first-order chi connectivity index (χ1) is 9.69. The molecule has 21 heavy (non-hydrogen) atoms. The van der Waals surface area contributed by atoms with E-state index >= 15 is 0 Å². The molecule has 0 bridgehead atoms. The summed E-state index contributed by atoms with van der Waals surface area (Å²) in [5.41, 5.74) is 0.747. The fraction of sp³-hybridized carbons (Fsp3) is 0.562. The van der Waals surface area contributed by atoms with Crippen LogP contribution in [-0.2, 0) is 10.2 Å². The molecule has 0 aliphatic heterocycles. The lowest BCUT2D eigenvalue weighted by atomic mass is 9.78. The maximum Gasteiger partial charge on any atom is 0.230 e. The Morgan fingerprint density at radius 3 is 2.38 bits per heavy atom. The largest absolute Gasteiger partial charge is 0.354 e. The Morgan fingerprint density at radius 1 is 1.19 bits per heavy atom. The van der Waals surface area contributed by atoms with E-state index in [0.29, 0.717) is 6.54 Å². The van der Waals surface area contributed by atoms with Crippen LogP contribution in [0, 0.1) is 0 Å². The first kappa shape index (κ1) is 18.3. The third kappa shape index (κ3) is 4.35. The van der Waals surface area contributed by atoms with E-state index in [4.69, 9.17) is 11.6 Å². The highest BCUT2D eigenvalue weighted by Gasteiger charge is 2.42. The van der Waals surface area contributed by atoms with Crippen molar-refractivity contribution in [2.45, 2.75) is 38.0 Å². The Bertz CT molecular complexity index is 442. The van der Waals surface area contributed by atoms with Gasteiger partial charge in [-0.05, 0) is 37.1 Å². The molecule has 1 aromatic rings. The number of carbonyl (C=O) groups is 1. The van der Waals surface area contributed by atoms with Gasteiger partial charge in [-0.25, -0.2) is 0 Å². The summed E-state index contributed by atoms with van der Waals surface area (Å²) < 4.78 is 0. The minimum absolute atomic E-state index is 0. The van der Waals surface area contributed by atoms with Crippen LogP contribution in [0.5, 0.6) is 0 Å². The van der Waals surface area contributed by atoms with Gasteiger partial charge in [-0.3, -0.25) is 4.79 Å². The number of benzene rings is 1. The normalized spacial score (nSPS) is 16.3. The second kappa shape index (κ2) is 8.62. The molecule has 3 nitrogen and oxygen atoms in total. The number of likely N-dealkylation sites (N-methyl/N-ethyl adjacent to an activating group) is 1. The number of amides is 1. The molecular weight excluding hydrogens is 307 g/mol. The Hall–Kier alpha value is -0.770. The maximum absolute atomic E-state index is 12.6. The van der Waals surface area contributed by atoms with Crippen molar-refractivity contribution in [1.82, 2.24) is 10.6 Å². The van der Waals surface area contributed by atoms with Gasteiger partial charge in [0.15, 0.2) is 0 Å². The van der Waals surface area contributed by atoms with Crippen LogP contribution < -0.4 is 10.6 Å². The average molecular weight is 331 g/mol. The summed E-state index contributed by atoms with van der Waals surface area (Å²) in [6.45, 7) is 4.49. The third-order valence-corrected chi connectivity index (χ3v) is 4.38. The maximum atomic E-state index is 12.6. The Labute approximate surface area is 138 Å². The number of halogens is 2. The van der Waals surface area contributed by atoms with Crippen LogP contribution >= 0.6 is 24.0 Å². The molecule has 0 heterocycles. The molecule has 0 saturated heterocycles. The van der Waals surface area contributed by atoms with Crippen molar-refractivity contribution >= 4 is 29.9 Å². The zero-order valence-corrected chi connectivity index (χ0v) is 14.0. The molecule has 2 rings (SSSR count). The van der Waals surface area contributed by atoms with E-state index in [1.807, 2.05) is 24.3 Å². The molecule has 5 heteroatoms. The number of hydrogen-bond donors (Lipinski definition) is 2. The van der Waals surface area contributed by atoms with Crippen LogP contribution in [0.4, 0.5) is 0 Å². The number of carbonyl (C=O) groups excluding carboxylic acids is 1. The quantitative estimate of drug-likeness (QED) is 0.786. The standard InChI is InChI=1S/C16H23ClN2O.ClH/c1-2-18-11-12-19-15(20)16(9-3-4-10-16)13-5-7-14(17)8-6-13;/h5-8,18H,2-4,9-12H2,1H3,(H,19,20);1H. The highest BCUT2D eigenvalue weighted by Crippen LogP contribution is 2.41. The van der Waals surface area contributed by atoms with Crippen molar-refractivity contribution in [3.8, 4) is 0 Å². The van der Waals surface area contributed by atoms with Crippen LogP contribution in [0.3, 0.4) is 0 Å². The lowest BCUT2D eigenvalue weighted by molar-refractivity contribution is -0.126. The van der Waals surface area contributed by atoms with Gasteiger partial charge >= 0.3 is 0 Å². The van der Waals surface area contributed by atoms with Crippen molar-refractivity contribution in [1.29, 1.82) is 0 Å². The lowest BCUT2D eigenvalue weighted by Crippen LogP contribution is -2.44. The summed E-state index contributed by atoms with van der Waals surface area (Å²) in [4.78, 5) is 12.6. The zero-order chi connectivity index (χ0) is 14.4. The average Bonchev–Trinajstić information content (AvgIpc) is 2.95. The van der Waals surface area contributed by atoms with Crippen molar-refractivity contribution in [3.05, 3.63) is 34.9 Å². The van der Waals surface area contributed by atoms with Crippen LogP contribution in [0.25, 0.3) is 0 Å². The van der Waals surface area contributed by atoms with Gasteiger partial charge in [0, 0.05) is 18.1 Å². The second-order valence-electron chi connectivity index (χ2n) is 5.41. The molecule has 1 amide bonds. The van der Waals surface area contributed by atoms with Crippen LogP contribution in [0.15, 0.2) is 24.3 Å². The third-order valence-electron chi connectivity index (χ3n) is 4.13. The second-order valence-corrected chi connectivity index (χ2v) is 5.84. The van der Waals surface area contributed by atoms with Gasteiger partial charge in [0.2, 0.25) is 5.91 Å². The van der Waals surface area contributed by atoms with E-state index < -0.39 is 0 Å². The van der Waals surface area contributed by atoms with Crippen molar-refractivity contribution in [2.24, 2.45) is 0 Å². The summed E-state index contributed by atoms with van der Waals surface area (Å²) in [5.74, 6) is 0.162. The van der Waals surface area contributed by atoms with Gasteiger partial charge < -0.3 is 10.6 Å². The molecule has 1 fully saturated rings. The molecule has 118 valence electrons. The SMILES string of the molecule is CCNCCNC(=O)C1(c2ccc(Cl)cc2)CCCC1.Cl. The van der Waals surface area contributed by atoms with Gasteiger partial charge in [-0.1, -0.05) is 43.5 Å². The summed E-state index contributed by atoms with van der Waals surface area (Å²) >= 11 is 5.95. The first-order valence-electron chi connectivity index (χ1n) is 7.44. The first-order valence-corrected chi connectivity index (χ1v) is 7.82. The molecule has 1 aliphatic rings. The van der Waals surface area contributed by atoms with E-state index in [0.717, 1.165) is 49.4 Å². The summed E-state index contributed by atoms with van der Waals surface area (Å²) in [6.07, 6.45) is 4.09. The molecule has 1 aromatic carbocycles. The monoisotopic (exact) mass is 330 g/mol. The predicted octanol–water partition coefficient (Wildman–Crippen LogP) is 3.30. The van der Waals surface area contributed by atoms with Crippen LogP contribution in [0.1, 0.15) is 38.2 Å². The highest BCUT2D eigenvalue weighted by atomic mass is 35.5. The molecule has 0 atom stereocenters. The smallest absolute Gasteiger partial charge is 0.230 e. The zero-order valence-electron chi connectivity index (χ0n) is 12.5. The highest BCUT2D eigenvalue weighted by molar-refractivity contribution is 6.30. The Balaban J connectivity index is 0.00000220. The lowest BCUT2D eigenvalue weighted by Gasteiger charge is -2.28. The molecule has 0 unspecified atom stereocenters. The molecule has 0 spiro atoms. The minimum atomic E-state index is -0.350. The Morgan fingerprint density at radius 2 is 1.81 bits per heavy atom. The predicted molar refractivity (Wildman–Crippen MR) is 90.4 cm³/mol. The Kier molecular flexibility index (Phi) is 7.50. The van der Waals surface area contributed by atoms with E-state index in [9.17, 15) is 4.79 Å². The van der Waals surface area contributed by atoms with Crippen molar-refractivity contribution in [2.75, 3.05) is 19.6 Å². The van der Waals surface area contributed by atoms with Crippen molar-refractivity contribution < 1.29 is 4.79 Å². The van der Waals surface area contributed by atoms with Gasteiger partial charge in [-0.2, -0.15) is 0 Å². The van der Waals surface area contributed by atoms with E-state index in [2.05, 4.69) is 17.6 Å². The molecular formula is C16H24Cl2N2O. The summed E-state index contributed by atoms with van der Waals surface area (Å²) in [5, 5.41) is 7.02. The van der Waals surface area contributed by atoms with E-state index in [1.165, 1.54) is 0 Å².